The van der Waals surface area contributed by atoms with E-state index in [1.807, 2.05) is 13.2 Å². The van der Waals surface area contributed by atoms with E-state index in [2.05, 4.69) is 12.2 Å². The first-order chi connectivity index (χ1) is 9.81. The van der Waals surface area contributed by atoms with Crippen molar-refractivity contribution < 1.29 is 0 Å². The molecule has 0 atom stereocenters. The zero-order chi connectivity index (χ0) is 14.6. The van der Waals surface area contributed by atoms with Crippen molar-refractivity contribution in [1.29, 1.82) is 5.41 Å². The molecule has 1 aliphatic carbocycles. The Labute approximate surface area is 125 Å². The van der Waals surface area contributed by atoms with Gasteiger partial charge in [0.05, 0.1) is 0 Å². The number of allylic oxidation sites excluding steroid dienone is 1. The fourth-order valence-electron chi connectivity index (χ4n) is 3.44. The van der Waals surface area contributed by atoms with Gasteiger partial charge in [-0.1, -0.05) is 51.9 Å². The molecule has 0 aliphatic heterocycles. The van der Waals surface area contributed by atoms with E-state index >= 15 is 0 Å². The first kappa shape index (κ1) is 17.3. The maximum Gasteiger partial charge on any atom is 0.0227 e. The van der Waals surface area contributed by atoms with Crippen LogP contribution in [0.1, 0.15) is 77.6 Å². The van der Waals surface area contributed by atoms with Crippen molar-refractivity contribution in [2.24, 2.45) is 11.8 Å². The Balaban J connectivity index is 2.12. The van der Waals surface area contributed by atoms with Crippen molar-refractivity contribution in [3.63, 3.8) is 0 Å². The molecule has 0 heterocycles. The lowest BCUT2D eigenvalue weighted by atomic mass is 9.77. The minimum atomic E-state index is 0.626. The Hall–Kier alpha value is -0.790. The molecule has 0 radical (unpaired) electrons. The maximum absolute atomic E-state index is 7.51. The second kappa shape index (κ2) is 10.9. The normalized spacial score (nSPS) is 23.6. The second-order valence-corrected chi connectivity index (χ2v) is 6.35. The molecule has 0 amide bonds. The van der Waals surface area contributed by atoms with Crippen molar-refractivity contribution >= 4 is 6.21 Å². The van der Waals surface area contributed by atoms with Crippen LogP contribution in [-0.2, 0) is 0 Å². The third kappa shape index (κ3) is 6.58. The SMILES string of the molecule is CCCCCCCCC1CCC(/C(C=N)=C/NC)CC1. The van der Waals surface area contributed by atoms with Crippen molar-refractivity contribution in [2.75, 3.05) is 7.05 Å². The van der Waals surface area contributed by atoms with Crippen LogP contribution in [0.5, 0.6) is 0 Å². The molecule has 2 heteroatoms. The molecule has 0 spiro atoms. The minimum Gasteiger partial charge on any atom is -0.394 e. The zero-order valence-corrected chi connectivity index (χ0v) is 13.6. The molecule has 1 fully saturated rings. The quantitative estimate of drug-likeness (QED) is 0.413. The lowest BCUT2D eigenvalue weighted by Crippen LogP contribution is -2.18. The predicted molar refractivity (Wildman–Crippen MR) is 89.4 cm³/mol. The minimum absolute atomic E-state index is 0.626. The predicted octanol–water partition coefficient (Wildman–Crippen LogP) is 5.30. The first-order valence-electron chi connectivity index (χ1n) is 8.69. The highest BCUT2D eigenvalue weighted by atomic mass is 14.8. The van der Waals surface area contributed by atoms with E-state index in [0.717, 1.165) is 5.92 Å². The Bertz CT molecular complexity index is 275. The average Bonchev–Trinajstić information content (AvgIpc) is 2.49. The van der Waals surface area contributed by atoms with Crippen molar-refractivity contribution in [3.8, 4) is 0 Å². The molecular weight excluding hydrogens is 244 g/mol. The Morgan fingerprint density at radius 1 is 1.05 bits per heavy atom. The number of hydrogen-bond donors (Lipinski definition) is 2. The summed E-state index contributed by atoms with van der Waals surface area (Å²) in [6, 6.07) is 0. The molecule has 1 aliphatic rings. The zero-order valence-electron chi connectivity index (χ0n) is 13.6. The monoisotopic (exact) mass is 278 g/mol. The molecule has 0 aromatic heterocycles. The summed E-state index contributed by atoms with van der Waals surface area (Å²) in [7, 11) is 1.92. The van der Waals surface area contributed by atoms with Crippen LogP contribution in [0, 0.1) is 17.2 Å². The van der Waals surface area contributed by atoms with Crippen LogP contribution in [0.25, 0.3) is 0 Å². The molecule has 2 N–H and O–H groups in total. The summed E-state index contributed by atoms with van der Waals surface area (Å²) in [5, 5.41) is 10.6. The fraction of sp³-hybridized carbons (Fsp3) is 0.833. The highest BCUT2D eigenvalue weighted by molar-refractivity contribution is 5.76. The highest BCUT2D eigenvalue weighted by Crippen LogP contribution is 2.35. The van der Waals surface area contributed by atoms with Crippen LogP contribution in [0.4, 0.5) is 0 Å². The molecule has 116 valence electrons. The van der Waals surface area contributed by atoms with Crippen molar-refractivity contribution in [2.45, 2.75) is 77.6 Å². The van der Waals surface area contributed by atoms with Gasteiger partial charge in [0, 0.05) is 19.5 Å². The topological polar surface area (TPSA) is 35.9 Å². The van der Waals surface area contributed by atoms with Gasteiger partial charge in [0.1, 0.15) is 0 Å². The number of unbranched alkanes of at least 4 members (excludes halogenated alkanes) is 5. The smallest absolute Gasteiger partial charge is 0.0227 e. The standard InChI is InChI=1S/C18H34N2/c1-3-4-5-6-7-8-9-16-10-12-17(13-11-16)18(14-19)15-20-2/h14-17,19-20H,3-13H2,1-2H3/b18-15+,19-14?. The molecule has 0 unspecified atom stereocenters. The van der Waals surface area contributed by atoms with Crippen LogP contribution in [0.2, 0.25) is 0 Å². The molecule has 1 rings (SSSR count). The van der Waals surface area contributed by atoms with E-state index in [1.165, 1.54) is 82.4 Å². The Morgan fingerprint density at radius 3 is 2.30 bits per heavy atom. The van der Waals surface area contributed by atoms with Gasteiger partial charge in [-0.05, 0) is 43.1 Å². The second-order valence-electron chi connectivity index (χ2n) is 6.35. The highest BCUT2D eigenvalue weighted by Gasteiger charge is 2.22. The van der Waals surface area contributed by atoms with Gasteiger partial charge in [-0.2, -0.15) is 0 Å². The summed E-state index contributed by atoms with van der Waals surface area (Å²) < 4.78 is 0. The molecule has 0 aromatic rings. The lowest BCUT2D eigenvalue weighted by molar-refractivity contribution is 0.284. The van der Waals surface area contributed by atoms with Crippen LogP contribution in [-0.4, -0.2) is 13.3 Å². The average molecular weight is 278 g/mol. The van der Waals surface area contributed by atoms with Crippen LogP contribution < -0.4 is 5.32 Å². The molecule has 1 saturated carbocycles. The van der Waals surface area contributed by atoms with Gasteiger partial charge in [-0.15, -0.1) is 0 Å². The number of rotatable bonds is 10. The van der Waals surface area contributed by atoms with Gasteiger partial charge in [0.2, 0.25) is 0 Å². The van der Waals surface area contributed by atoms with E-state index in [1.54, 1.807) is 0 Å². The molecule has 20 heavy (non-hydrogen) atoms. The van der Waals surface area contributed by atoms with Gasteiger partial charge >= 0.3 is 0 Å². The molecule has 2 nitrogen and oxygen atoms in total. The van der Waals surface area contributed by atoms with Crippen molar-refractivity contribution in [3.05, 3.63) is 11.8 Å². The van der Waals surface area contributed by atoms with E-state index < -0.39 is 0 Å². The summed E-state index contributed by atoms with van der Waals surface area (Å²) in [5.74, 6) is 1.58. The van der Waals surface area contributed by atoms with E-state index in [4.69, 9.17) is 5.41 Å². The summed E-state index contributed by atoms with van der Waals surface area (Å²) in [5.41, 5.74) is 1.19. The van der Waals surface area contributed by atoms with Gasteiger partial charge in [-0.25, -0.2) is 0 Å². The number of hydrogen-bond acceptors (Lipinski definition) is 2. The van der Waals surface area contributed by atoms with E-state index in [0.29, 0.717) is 5.92 Å². The van der Waals surface area contributed by atoms with Gasteiger partial charge in [0.15, 0.2) is 0 Å². The number of nitrogens with one attached hydrogen (secondary N) is 2. The summed E-state index contributed by atoms with van der Waals surface area (Å²) in [4.78, 5) is 0. The molecule has 0 aromatic carbocycles. The maximum atomic E-state index is 7.51. The van der Waals surface area contributed by atoms with Gasteiger partial charge < -0.3 is 10.7 Å². The van der Waals surface area contributed by atoms with Crippen LogP contribution in [0.15, 0.2) is 11.8 Å². The summed E-state index contributed by atoms with van der Waals surface area (Å²) >= 11 is 0. The third-order valence-electron chi connectivity index (χ3n) is 4.76. The molecule has 0 saturated heterocycles. The van der Waals surface area contributed by atoms with Gasteiger partial charge in [0.25, 0.3) is 0 Å². The molecular formula is C18H34N2. The fourth-order valence-corrected chi connectivity index (χ4v) is 3.44. The van der Waals surface area contributed by atoms with Crippen LogP contribution in [0.3, 0.4) is 0 Å². The Kier molecular flexibility index (Phi) is 9.44. The molecule has 0 bridgehead atoms. The van der Waals surface area contributed by atoms with E-state index in [-0.39, 0.29) is 0 Å². The van der Waals surface area contributed by atoms with Crippen molar-refractivity contribution in [1.82, 2.24) is 5.32 Å². The van der Waals surface area contributed by atoms with Gasteiger partial charge in [-0.3, -0.25) is 0 Å². The van der Waals surface area contributed by atoms with Crippen LogP contribution >= 0.6 is 0 Å². The largest absolute Gasteiger partial charge is 0.394 e. The van der Waals surface area contributed by atoms with E-state index in [9.17, 15) is 0 Å². The Morgan fingerprint density at radius 2 is 1.70 bits per heavy atom. The third-order valence-corrected chi connectivity index (χ3v) is 4.76. The first-order valence-corrected chi connectivity index (χ1v) is 8.69. The summed E-state index contributed by atoms with van der Waals surface area (Å²) in [6.07, 6.45) is 18.8. The lowest BCUT2D eigenvalue weighted by Gasteiger charge is -2.29. The summed E-state index contributed by atoms with van der Waals surface area (Å²) in [6.45, 7) is 2.28.